The van der Waals surface area contributed by atoms with Crippen molar-refractivity contribution in [1.82, 2.24) is 14.9 Å². The summed E-state index contributed by atoms with van der Waals surface area (Å²) in [7, 11) is 0. The summed E-state index contributed by atoms with van der Waals surface area (Å²) in [6.07, 6.45) is 3.32. The van der Waals surface area contributed by atoms with Gasteiger partial charge in [-0.05, 0) is 27.7 Å². The number of hydrogen-bond acceptors (Lipinski definition) is 3. The van der Waals surface area contributed by atoms with Gasteiger partial charge in [0.1, 0.15) is 11.9 Å². The quantitative estimate of drug-likeness (QED) is 0.813. The van der Waals surface area contributed by atoms with Crippen molar-refractivity contribution in [3.05, 3.63) is 18.2 Å². The Labute approximate surface area is 95.5 Å². The van der Waals surface area contributed by atoms with Crippen molar-refractivity contribution in [2.45, 2.75) is 45.8 Å². The summed E-state index contributed by atoms with van der Waals surface area (Å²) in [5.74, 6) is -0.111. The molecule has 0 aliphatic carbocycles. The minimum atomic E-state index is -0.852. The zero-order valence-corrected chi connectivity index (χ0v) is 10.2. The van der Waals surface area contributed by atoms with E-state index in [-0.39, 0.29) is 5.54 Å². The number of nitrogens with one attached hydrogen (secondary N) is 1. The first-order valence-corrected chi connectivity index (χ1v) is 5.31. The van der Waals surface area contributed by atoms with Crippen molar-refractivity contribution < 1.29 is 9.90 Å². The van der Waals surface area contributed by atoms with Gasteiger partial charge in [-0.2, -0.15) is 0 Å². The third kappa shape index (κ3) is 3.34. The lowest BCUT2D eigenvalue weighted by Crippen LogP contribution is -2.36. The van der Waals surface area contributed by atoms with Crippen LogP contribution in [0.3, 0.4) is 0 Å². The second-order valence-electron chi connectivity index (χ2n) is 4.87. The van der Waals surface area contributed by atoms with E-state index in [4.69, 9.17) is 5.11 Å². The van der Waals surface area contributed by atoms with E-state index in [0.29, 0.717) is 6.54 Å². The minimum absolute atomic E-state index is 0.0107. The molecule has 5 heteroatoms. The Morgan fingerprint density at radius 1 is 1.62 bits per heavy atom. The molecule has 0 bridgehead atoms. The minimum Gasteiger partial charge on any atom is -0.480 e. The fourth-order valence-electron chi connectivity index (χ4n) is 1.30. The topological polar surface area (TPSA) is 67.1 Å². The van der Waals surface area contributed by atoms with Gasteiger partial charge >= 0.3 is 5.97 Å². The Hall–Kier alpha value is -1.36. The van der Waals surface area contributed by atoms with E-state index in [2.05, 4.69) is 31.1 Å². The van der Waals surface area contributed by atoms with Crippen molar-refractivity contribution in [2.75, 3.05) is 0 Å². The van der Waals surface area contributed by atoms with Crippen LogP contribution >= 0.6 is 0 Å². The molecule has 1 rings (SSSR count). The first kappa shape index (κ1) is 12.7. The summed E-state index contributed by atoms with van der Waals surface area (Å²) >= 11 is 0. The maximum absolute atomic E-state index is 10.9. The van der Waals surface area contributed by atoms with E-state index in [1.54, 1.807) is 23.9 Å². The van der Waals surface area contributed by atoms with Crippen LogP contribution in [0, 0.1) is 0 Å². The molecule has 0 saturated carbocycles. The molecule has 1 aromatic rings. The molecule has 1 unspecified atom stereocenters. The van der Waals surface area contributed by atoms with Gasteiger partial charge in [0.15, 0.2) is 0 Å². The molecule has 0 aromatic carbocycles. The molecule has 0 aliphatic heterocycles. The first-order valence-electron chi connectivity index (χ1n) is 5.31. The molecule has 0 aliphatic rings. The molecule has 0 amide bonds. The van der Waals surface area contributed by atoms with Gasteiger partial charge in [0.2, 0.25) is 0 Å². The van der Waals surface area contributed by atoms with E-state index in [1.165, 1.54) is 0 Å². The summed E-state index contributed by atoms with van der Waals surface area (Å²) in [4.78, 5) is 15.0. The van der Waals surface area contributed by atoms with Gasteiger partial charge in [-0.1, -0.05) is 0 Å². The Morgan fingerprint density at radius 3 is 2.75 bits per heavy atom. The van der Waals surface area contributed by atoms with Crippen LogP contribution < -0.4 is 5.32 Å². The molecule has 1 heterocycles. The Kier molecular flexibility index (Phi) is 3.70. The van der Waals surface area contributed by atoms with E-state index in [0.717, 1.165) is 5.82 Å². The van der Waals surface area contributed by atoms with Crippen LogP contribution in [0.4, 0.5) is 0 Å². The highest BCUT2D eigenvalue weighted by Crippen LogP contribution is 2.10. The zero-order chi connectivity index (χ0) is 12.3. The highest BCUT2D eigenvalue weighted by Gasteiger charge is 2.17. The number of aliphatic carboxylic acids is 1. The lowest BCUT2D eigenvalue weighted by molar-refractivity contribution is -0.140. The van der Waals surface area contributed by atoms with Crippen molar-refractivity contribution >= 4 is 5.97 Å². The average molecular weight is 225 g/mol. The molecule has 0 spiro atoms. The highest BCUT2D eigenvalue weighted by molar-refractivity contribution is 5.71. The molecular weight excluding hydrogens is 206 g/mol. The first-order chi connectivity index (χ1) is 7.31. The van der Waals surface area contributed by atoms with Gasteiger partial charge in [0.05, 0.1) is 6.54 Å². The molecule has 16 heavy (non-hydrogen) atoms. The van der Waals surface area contributed by atoms with E-state index in [1.807, 2.05) is 0 Å². The number of rotatable bonds is 4. The van der Waals surface area contributed by atoms with Crippen molar-refractivity contribution in [2.24, 2.45) is 0 Å². The Bertz CT molecular complexity index is 366. The fourth-order valence-corrected chi connectivity index (χ4v) is 1.30. The van der Waals surface area contributed by atoms with Gasteiger partial charge < -0.3 is 15.0 Å². The third-order valence-corrected chi connectivity index (χ3v) is 2.30. The predicted octanol–water partition coefficient (Wildman–Crippen LogP) is 1.42. The van der Waals surface area contributed by atoms with Crippen molar-refractivity contribution in [3.8, 4) is 0 Å². The number of hydrogen-bond donors (Lipinski definition) is 2. The molecule has 0 radical (unpaired) electrons. The predicted molar refractivity (Wildman–Crippen MR) is 61.2 cm³/mol. The lowest BCUT2D eigenvalue weighted by atomic mass is 10.1. The number of carboxylic acids is 1. The van der Waals surface area contributed by atoms with Crippen molar-refractivity contribution in [1.29, 1.82) is 0 Å². The van der Waals surface area contributed by atoms with Gasteiger partial charge in [-0.3, -0.25) is 0 Å². The van der Waals surface area contributed by atoms with Crippen LogP contribution in [-0.2, 0) is 11.3 Å². The van der Waals surface area contributed by atoms with Crippen LogP contribution in [0.2, 0.25) is 0 Å². The van der Waals surface area contributed by atoms with E-state index >= 15 is 0 Å². The number of carboxylic acid groups (broad SMARTS) is 1. The summed E-state index contributed by atoms with van der Waals surface area (Å²) in [6.45, 7) is 8.38. The number of imidazole rings is 1. The van der Waals surface area contributed by atoms with Crippen LogP contribution in [0.25, 0.3) is 0 Å². The highest BCUT2D eigenvalue weighted by atomic mass is 16.4. The van der Waals surface area contributed by atoms with Crippen LogP contribution in [0.1, 0.15) is 39.6 Å². The summed E-state index contributed by atoms with van der Waals surface area (Å²) in [6, 6.07) is -0.584. The molecule has 0 saturated heterocycles. The molecule has 90 valence electrons. The molecule has 1 atom stereocenters. The lowest BCUT2D eigenvalue weighted by Gasteiger charge is -2.21. The Morgan fingerprint density at radius 2 is 2.25 bits per heavy atom. The standard InChI is InChI=1S/C11H19N3O2/c1-8(10(15)16)14-6-5-12-9(14)7-13-11(2,3)4/h5-6,8,13H,7H2,1-4H3,(H,15,16). The fraction of sp³-hybridized carbons (Fsp3) is 0.636. The number of nitrogens with zero attached hydrogens (tertiary/aromatic N) is 2. The maximum atomic E-state index is 10.9. The van der Waals surface area contributed by atoms with Crippen molar-refractivity contribution in [3.63, 3.8) is 0 Å². The third-order valence-electron chi connectivity index (χ3n) is 2.30. The van der Waals surface area contributed by atoms with Gasteiger partial charge in [0.25, 0.3) is 0 Å². The van der Waals surface area contributed by atoms with Crippen LogP contribution in [0.5, 0.6) is 0 Å². The molecule has 1 aromatic heterocycles. The molecule has 2 N–H and O–H groups in total. The largest absolute Gasteiger partial charge is 0.480 e. The van der Waals surface area contributed by atoms with E-state index < -0.39 is 12.0 Å². The van der Waals surface area contributed by atoms with Gasteiger partial charge in [0, 0.05) is 17.9 Å². The molecule has 0 fully saturated rings. The number of carbonyl (C=O) groups is 1. The average Bonchev–Trinajstić information content (AvgIpc) is 2.59. The summed E-state index contributed by atoms with van der Waals surface area (Å²) < 4.78 is 1.67. The second kappa shape index (κ2) is 4.65. The summed E-state index contributed by atoms with van der Waals surface area (Å²) in [5, 5.41) is 12.2. The Balaban J connectivity index is 2.75. The molecule has 5 nitrogen and oxygen atoms in total. The number of aromatic nitrogens is 2. The second-order valence-corrected chi connectivity index (χ2v) is 4.87. The molecular formula is C11H19N3O2. The summed E-state index contributed by atoms with van der Waals surface area (Å²) in [5.41, 5.74) is -0.0107. The zero-order valence-electron chi connectivity index (χ0n) is 10.2. The SMILES string of the molecule is CC(C(=O)O)n1ccnc1CNC(C)(C)C. The van der Waals surface area contributed by atoms with E-state index in [9.17, 15) is 4.79 Å². The van der Waals surface area contributed by atoms with Crippen LogP contribution in [-0.4, -0.2) is 26.2 Å². The maximum Gasteiger partial charge on any atom is 0.326 e. The normalized spacial score (nSPS) is 13.8. The van der Waals surface area contributed by atoms with Gasteiger partial charge in [-0.25, -0.2) is 9.78 Å². The smallest absolute Gasteiger partial charge is 0.326 e. The monoisotopic (exact) mass is 225 g/mol. The van der Waals surface area contributed by atoms with Gasteiger partial charge in [-0.15, -0.1) is 0 Å². The van der Waals surface area contributed by atoms with Crippen LogP contribution in [0.15, 0.2) is 12.4 Å².